The number of para-hydroxylation sites is 1. The summed E-state index contributed by atoms with van der Waals surface area (Å²) in [4.78, 5) is 26.5. The van der Waals surface area contributed by atoms with Gasteiger partial charge in [0.05, 0.1) is 13.2 Å². The minimum absolute atomic E-state index is 0.0142. The van der Waals surface area contributed by atoms with Crippen molar-refractivity contribution in [2.75, 3.05) is 31.6 Å². The summed E-state index contributed by atoms with van der Waals surface area (Å²) in [5, 5.41) is 8.84. The topological polar surface area (TPSA) is 82.7 Å². The maximum Gasteiger partial charge on any atom is 0.315 e. The van der Waals surface area contributed by atoms with Crippen LogP contribution in [0.15, 0.2) is 54.6 Å². The normalized spacial score (nSPS) is 14.7. The van der Waals surface area contributed by atoms with Crippen molar-refractivity contribution in [1.82, 2.24) is 15.5 Å². The number of nitrogens with zero attached hydrogens (tertiary/aromatic N) is 1. The number of hydrogen-bond acceptors (Lipinski definition) is 4. The van der Waals surface area contributed by atoms with E-state index in [1.165, 1.54) is 0 Å². The number of anilines is 1. The van der Waals surface area contributed by atoms with E-state index in [9.17, 15) is 9.59 Å². The van der Waals surface area contributed by atoms with Crippen molar-refractivity contribution in [1.29, 1.82) is 0 Å². The number of urea groups is 1. The quantitative estimate of drug-likeness (QED) is 0.625. The number of piperidine rings is 1. The van der Waals surface area contributed by atoms with Gasteiger partial charge in [-0.15, -0.1) is 0 Å². The number of carbonyl (C=O) groups excluding carboxylic acids is 2. The van der Waals surface area contributed by atoms with Gasteiger partial charge in [-0.3, -0.25) is 9.69 Å². The smallest absolute Gasteiger partial charge is 0.315 e. The van der Waals surface area contributed by atoms with Crippen LogP contribution in [0.2, 0.25) is 0 Å². The number of nitrogens with one attached hydrogen (secondary N) is 3. The summed E-state index contributed by atoms with van der Waals surface area (Å²) in [5.74, 6) is 0.792. The van der Waals surface area contributed by atoms with Gasteiger partial charge in [0.25, 0.3) is 0 Å². The van der Waals surface area contributed by atoms with Gasteiger partial charge in [0.1, 0.15) is 5.75 Å². The first-order valence-corrected chi connectivity index (χ1v) is 10.5. The van der Waals surface area contributed by atoms with E-state index in [1.807, 2.05) is 61.5 Å². The highest BCUT2D eigenvalue weighted by atomic mass is 16.5. The minimum atomic E-state index is -0.169. The number of likely N-dealkylation sites (tertiary alicyclic amines) is 1. The van der Waals surface area contributed by atoms with E-state index in [4.69, 9.17) is 4.74 Å². The average Bonchev–Trinajstić information content (AvgIpc) is 2.75. The van der Waals surface area contributed by atoms with Crippen LogP contribution in [0.25, 0.3) is 0 Å². The number of benzene rings is 2. The molecule has 3 N–H and O–H groups in total. The Kier molecular flexibility index (Phi) is 8.09. The van der Waals surface area contributed by atoms with E-state index in [-0.39, 0.29) is 18.0 Å². The van der Waals surface area contributed by atoms with Crippen LogP contribution >= 0.6 is 0 Å². The predicted octanol–water partition coefficient (Wildman–Crippen LogP) is 2.99. The highest BCUT2D eigenvalue weighted by Gasteiger charge is 2.22. The fourth-order valence-electron chi connectivity index (χ4n) is 3.49. The van der Waals surface area contributed by atoms with Crippen LogP contribution in [0.5, 0.6) is 5.75 Å². The van der Waals surface area contributed by atoms with Crippen LogP contribution in [0.1, 0.15) is 25.3 Å². The molecule has 0 atom stereocenters. The van der Waals surface area contributed by atoms with Crippen LogP contribution in [0, 0.1) is 0 Å². The van der Waals surface area contributed by atoms with Crippen molar-refractivity contribution < 1.29 is 14.3 Å². The van der Waals surface area contributed by atoms with E-state index in [2.05, 4.69) is 20.9 Å². The maximum atomic E-state index is 12.2. The molecule has 0 radical (unpaired) electrons. The molecule has 0 saturated carbocycles. The molecular weight excluding hydrogens is 380 g/mol. The monoisotopic (exact) mass is 410 g/mol. The standard InChI is InChI=1S/C23H30N4O3/c1-2-30-21-10-6-7-18(15-21)16-24-23(29)26-20-11-13-27(14-12-20)17-22(28)25-19-8-4-3-5-9-19/h3-10,15,20H,2,11-14,16-17H2,1H3,(H,25,28)(H2,24,26,29). The second kappa shape index (κ2) is 11.2. The molecule has 1 heterocycles. The van der Waals surface area contributed by atoms with E-state index in [0.29, 0.717) is 19.7 Å². The lowest BCUT2D eigenvalue weighted by Gasteiger charge is -2.31. The third kappa shape index (κ3) is 7.08. The van der Waals surface area contributed by atoms with Crippen LogP contribution in [0.3, 0.4) is 0 Å². The average molecular weight is 411 g/mol. The first-order chi connectivity index (χ1) is 14.6. The van der Waals surface area contributed by atoms with Gasteiger partial charge >= 0.3 is 6.03 Å². The lowest BCUT2D eigenvalue weighted by atomic mass is 10.1. The first kappa shape index (κ1) is 21.6. The molecule has 7 heteroatoms. The zero-order valence-corrected chi connectivity index (χ0v) is 17.4. The van der Waals surface area contributed by atoms with E-state index >= 15 is 0 Å². The number of amides is 3. The molecule has 3 amide bonds. The van der Waals surface area contributed by atoms with Crippen molar-refractivity contribution >= 4 is 17.6 Å². The molecule has 2 aromatic carbocycles. The molecule has 2 aromatic rings. The zero-order valence-electron chi connectivity index (χ0n) is 17.4. The van der Waals surface area contributed by atoms with E-state index in [1.54, 1.807) is 0 Å². The Bertz CT molecular complexity index is 820. The van der Waals surface area contributed by atoms with Gasteiger partial charge in [0.2, 0.25) is 5.91 Å². The molecule has 1 saturated heterocycles. The van der Waals surface area contributed by atoms with E-state index < -0.39 is 0 Å². The van der Waals surface area contributed by atoms with Gasteiger partial charge in [-0.2, -0.15) is 0 Å². The summed E-state index contributed by atoms with van der Waals surface area (Å²) in [5.41, 5.74) is 1.80. The summed E-state index contributed by atoms with van der Waals surface area (Å²) < 4.78 is 5.48. The Morgan fingerprint density at radius 1 is 1.07 bits per heavy atom. The van der Waals surface area contributed by atoms with E-state index in [0.717, 1.165) is 42.9 Å². The second-order valence-corrected chi connectivity index (χ2v) is 7.37. The third-order valence-corrected chi connectivity index (χ3v) is 5.01. The van der Waals surface area contributed by atoms with Gasteiger partial charge in [0.15, 0.2) is 0 Å². The second-order valence-electron chi connectivity index (χ2n) is 7.37. The molecule has 1 aliphatic heterocycles. The van der Waals surface area contributed by atoms with Crippen LogP contribution in [0.4, 0.5) is 10.5 Å². The van der Waals surface area contributed by atoms with Crippen molar-refractivity contribution in [2.24, 2.45) is 0 Å². The fraction of sp³-hybridized carbons (Fsp3) is 0.391. The van der Waals surface area contributed by atoms with Crippen molar-refractivity contribution in [3.8, 4) is 5.75 Å². The lowest BCUT2D eigenvalue weighted by molar-refractivity contribution is -0.117. The van der Waals surface area contributed by atoms with Gasteiger partial charge in [-0.1, -0.05) is 30.3 Å². The molecule has 0 aromatic heterocycles. The van der Waals surface area contributed by atoms with Crippen molar-refractivity contribution in [2.45, 2.75) is 32.4 Å². The minimum Gasteiger partial charge on any atom is -0.494 e. The lowest BCUT2D eigenvalue weighted by Crippen LogP contribution is -2.48. The Balaban J connectivity index is 1.34. The molecule has 7 nitrogen and oxygen atoms in total. The Hall–Kier alpha value is -3.06. The molecule has 160 valence electrons. The first-order valence-electron chi connectivity index (χ1n) is 10.5. The van der Waals surface area contributed by atoms with Gasteiger partial charge in [-0.25, -0.2) is 4.79 Å². The molecule has 3 rings (SSSR count). The summed E-state index contributed by atoms with van der Waals surface area (Å²) in [6.45, 7) is 4.94. The maximum absolute atomic E-state index is 12.2. The summed E-state index contributed by atoms with van der Waals surface area (Å²) in [7, 11) is 0. The molecule has 30 heavy (non-hydrogen) atoms. The van der Waals surface area contributed by atoms with Gasteiger partial charge in [-0.05, 0) is 49.6 Å². The highest BCUT2D eigenvalue weighted by molar-refractivity contribution is 5.92. The van der Waals surface area contributed by atoms with Crippen molar-refractivity contribution in [3.05, 3.63) is 60.2 Å². The molecular formula is C23H30N4O3. The summed E-state index contributed by atoms with van der Waals surface area (Å²) >= 11 is 0. The Morgan fingerprint density at radius 3 is 2.57 bits per heavy atom. The largest absolute Gasteiger partial charge is 0.494 e. The summed E-state index contributed by atoms with van der Waals surface area (Å²) in [6, 6.07) is 17.1. The fourth-order valence-corrected chi connectivity index (χ4v) is 3.49. The number of carbonyl (C=O) groups is 2. The number of rotatable bonds is 8. The summed E-state index contributed by atoms with van der Waals surface area (Å²) in [6.07, 6.45) is 1.65. The predicted molar refractivity (Wildman–Crippen MR) is 118 cm³/mol. The zero-order chi connectivity index (χ0) is 21.2. The molecule has 0 spiro atoms. The molecule has 1 fully saturated rings. The molecule has 1 aliphatic rings. The van der Waals surface area contributed by atoms with Crippen LogP contribution in [-0.4, -0.2) is 49.1 Å². The number of hydrogen-bond donors (Lipinski definition) is 3. The molecule has 0 aliphatic carbocycles. The Morgan fingerprint density at radius 2 is 1.83 bits per heavy atom. The third-order valence-electron chi connectivity index (χ3n) is 5.01. The Labute approximate surface area is 177 Å². The molecule has 0 bridgehead atoms. The highest BCUT2D eigenvalue weighted by Crippen LogP contribution is 2.14. The van der Waals surface area contributed by atoms with Gasteiger partial charge < -0.3 is 20.7 Å². The number of ether oxygens (including phenoxy) is 1. The SMILES string of the molecule is CCOc1cccc(CNC(=O)NC2CCN(CC(=O)Nc3ccccc3)CC2)c1. The van der Waals surface area contributed by atoms with Crippen molar-refractivity contribution in [3.63, 3.8) is 0 Å². The molecule has 0 unspecified atom stereocenters. The van der Waals surface area contributed by atoms with Crippen LogP contribution in [-0.2, 0) is 11.3 Å². The van der Waals surface area contributed by atoms with Crippen LogP contribution < -0.4 is 20.7 Å². The van der Waals surface area contributed by atoms with Gasteiger partial charge in [0, 0.05) is 31.4 Å².